The smallest absolute Gasteiger partial charge is 0.303 e. The predicted octanol–water partition coefficient (Wildman–Crippen LogP) is 3.38. The molecular formula is C22H34O5. The summed E-state index contributed by atoms with van der Waals surface area (Å²) in [6.07, 6.45) is 18.0. The van der Waals surface area contributed by atoms with Crippen molar-refractivity contribution in [1.82, 2.24) is 0 Å². The molecule has 0 heterocycles. The van der Waals surface area contributed by atoms with Crippen LogP contribution >= 0.6 is 0 Å². The molecule has 5 nitrogen and oxygen atoms in total. The van der Waals surface area contributed by atoms with E-state index in [4.69, 9.17) is 5.11 Å². The zero-order valence-electron chi connectivity index (χ0n) is 16.2. The van der Waals surface area contributed by atoms with Gasteiger partial charge in [0.15, 0.2) is 0 Å². The molecule has 1 fully saturated rings. The summed E-state index contributed by atoms with van der Waals surface area (Å²) in [7, 11) is 0. The summed E-state index contributed by atoms with van der Waals surface area (Å²) in [5, 5.41) is 38.5. The largest absolute Gasteiger partial charge is 0.481 e. The van der Waals surface area contributed by atoms with Gasteiger partial charge in [-0.05, 0) is 38.0 Å². The second-order valence-electron chi connectivity index (χ2n) is 7.03. The fourth-order valence-electron chi connectivity index (χ4n) is 3.22. The van der Waals surface area contributed by atoms with E-state index in [1.54, 1.807) is 6.08 Å². The molecule has 152 valence electrons. The van der Waals surface area contributed by atoms with E-state index in [0.717, 1.165) is 12.8 Å². The van der Waals surface area contributed by atoms with Gasteiger partial charge >= 0.3 is 5.97 Å². The lowest BCUT2D eigenvalue weighted by atomic mass is 9.89. The molecular weight excluding hydrogens is 344 g/mol. The number of carboxylic acids is 1. The second-order valence-corrected chi connectivity index (χ2v) is 7.03. The van der Waals surface area contributed by atoms with Crippen LogP contribution in [0.15, 0.2) is 48.6 Å². The molecule has 1 saturated carbocycles. The van der Waals surface area contributed by atoms with Crippen molar-refractivity contribution >= 4 is 5.97 Å². The molecule has 4 N–H and O–H groups in total. The van der Waals surface area contributed by atoms with Crippen LogP contribution < -0.4 is 0 Å². The second kappa shape index (κ2) is 13.5. The Hall–Kier alpha value is -1.69. The minimum atomic E-state index is -0.778. The molecule has 5 atom stereocenters. The molecule has 0 aromatic rings. The Morgan fingerprint density at radius 2 is 1.67 bits per heavy atom. The molecule has 1 aliphatic rings. The lowest BCUT2D eigenvalue weighted by Gasteiger charge is -2.19. The third-order valence-electron chi connectivity index (χ3n) is 4.87. The van der Waals surface area contributed by atoms with E-state index in [0.29, 0.717) is 25.7 Å². The Bertz CT molecular complexity index is 535. The van der Waals surface area contributed by atoms with E-state index in [1.807, 2.05) is 49.5 Å². The van der Waals surface area contributed by atoms with Crippen LogP contribution in [0.25, 0.3) is 0 Å². The summed E-state index contributed by atoms with van der Waals surface area (Å²) in [5.74, 6) is -0.936. The van der Waals surface area contributed by atoms with Crippen LogP contribution in [0.1, 0.15) is 51.9 Å². The third kappa shape index (κ3) is 9.70. The molecule has 0 aromatic heterocycles. The summed E-state index contributed by atoms with van der Waals surface area (Å²) < 4.78 is 0. The van der Waals surface area contributed by atoms with Gasteiger partial charge in [-0.1, -0.05) is 55.5 Å². The molecule has 0 radical (unpaired) electrons. The number of aliphatic hydroxyl groups is 3. The average Bonchev–Trinajstić information content (AvgIpc) is 2.90. The lowest BCUT2D eigenvalue weighted by molar-refractivity contribution is -0.136. The summed E-state index contributed by atoms with van der Waals surface area (Å²) in [6, 6.07) is 0. The number of carbonyl (C=O) groups is 1. The maximum absolute atomic E-state index is 10.4. The van der Waals surface area contributed by atoms with Gasteiger partial charge in [0.05, 0.1) is 18.3 Å². The number of aliphatic carboxylic acids is 1. The number of carboxylic acid groups (broad SMARTS) is 1. The Morgan fingerprint density at radius 1 is 1.04 bits per heavy atom. The molecule has 27 heavy (non-hydrogen) atoms. The highest BCUT2D eigenvalue weighted by Crippen LogP contribution is 2.36. The monoisotopic (exact) mass is 378 g/mol. The van der Waals surface area contributed by atoms with Crippen molar-refractivity contribution in [1.29, 1.82) is 0 Å². The zero-order valence-corrected chi connectivity index (χ0v) is 16.2. The van der Waals surface area contributed by atoms with E-state index in [2.05, 4.69) is 0 Å². The lowest BCUT2D eigenvalue weighted by Crippen LogP contribution is -2.20. The van der Waals surface area contributed by atoms with Gasteiger partial charge in [-0.15, -0.1) is 0 Å². The highest BCUT2D eigenvalue weighted by Gasteiger charge is 2.39. The molecule has 0 bridgehead atoms. The maximum atomic E-state index is 10.4. The Labute approximate surface area is 162 Å². The van der Waals surface area contributed by atoms with Crippen LogP contribution in [-0.2, 0) is 4.79 Å². The highest BCUT2D eigenvalue weighted by molar-refractivity contribution is 5.66. The van der Waals surface area contributed by atoms with Crippen molar-refractivity contribution in [3.8, 4) is 0 Å². The van der Waals surface area contributed by atoms with Crippen molar-refractivity contribution in [3.63, 3.8) is 0 Å². The van der Waals surface area contributed by atoms with Crippen LogP contribution in [0.3, 0.4) is 0 Å². The molecule has 1 aliphatic carbocycles. The van der Waals surface area contributed by atoms with Gasteiger partial charge in [-0.25, -0.2) is 0 Å². The Morgan fingerprint density at radius 3 is 2.30 bits per heavy atom. The summed E-state index contributed by atoms with van der Waals surface area (Å²) >= 11 is 0. The van der Waals surface area contributed by atoms with Crippen LogP contribution in [0.2, 0.25) is 0 Å². The highest BCUT2D eigenvalue weighted by atomic mass is 16.4. The number of hydrogen-bond donors (Lipinski definition) is 4. The minimum Gasteiger partial charge on any atom is -0.481 e. The van der Waals surface area contributed by atoms with Gasteiger partial charge in [0.25, 0.3) is 0 Å². The summed E-state index contributed by atoms with van der Waals surface area (Å²) in [5.41, 5.74) is 0. The average molecular weight is 379 g/mol. The van der Waals surface area contributed by atoms with Gasteiger partial charge < -0.3 is 20.4 Å². The van der Waals surface area contributed by atoms with Crippen LogP contribution in [0.5, 0.6) is 0 Å². The fraction of sp³-hybridized carbons (Fsp3) is 0.591. The van der Waals surface area contributed by atoms with E-state index >= 15 is 0 Å². The molecule has 0 amide bonds. The fourth-order valence-corrected chi connectivity index (χ4v) is 3.22. The molecule has 0 spiro atoms. The minimum absolute atomic E-state index is 0.0299. The standard InChI is InChI=1S/C22H34O5/c1-2-17(23)14-15-19-18(20(24)16-21(19)25)12-10-8-6-4-3-5-7-9-11-13-22(26)27/h3-4,7-10,14-15,17-21,23-25H,2,5-6,11-13,16H2,1H3,(H,26,27)/b4-3-,9-7-,10-8-,15-14+/t17-,18+,19+,20+,21-/m1/s1. The van der Waals surface area contributed by atoms with E-state index in [1.165, 1.54) is 0 Å². The first-order chi connectivity index (χ1) is 13.0. The van der Waals surface area contributed by atoms with Crippen molar-refractivity contribution in [3.05, 3.63) is 48.6 Å². The number of hydrogen-bond acceptors (Lipinski definition) is 4. The van der Waals surface area contributed by atoms with Crippen LogP contribution in [-0.4, -0.2) is 44.7 Å². The predicted molar refractivity (Wildman–Crippen MR) is 107 cm³/mol. The Kier molecular flexibility index (Phi) is 11.7. The zero-order chi connectivity index (χ0) is 20.1. The molecule has 1 rings (SSSR count). The maximum Gasteiger partial charge on any atom is 0.303 e. The quantitative estimate of drug-likeness (QED) is 0.390. The van der Waals surface area contributed by atoms with E-state index in [9.17, 15) is 20.1 Å². The van der Waals surface area contributed by atoms with Gasteiger partial charge in [-0.3, -0.25) is 4.79 Å². The van der Waals surface area contributed by atoms with Gasteiger partial charge in [0.1, 0.15) is 0 Å². The van der Waals surface area contributed by atoms with Gasteiger partial charge in [0, 0.05) is 18.8 Å². The topological polar surface area (TPSA) is 98.0 Å². The normalized spacial score (nSPS) is 27.6. The van der Waals surface area contributed by atoms with Crippen molar-refractivity contribution in [2.24, 2.45) is 11.8 Å². The van der Waals surface area contributed by atoms with Crippen molar-refractivity contribution in [2.45, 2.75) is 70.2 Å². The van der Waals surface area contributed by atoms with E-state index < -0.39 is 24.3 Å². The Balaban J connectivity index is 2.34. The van der Waals surface area contributed by atoms with Gasteiger partial charge in [-0.2, -0.15) is 0 Å². The molecule has 0 saturated heterocycles. The first-order valence-corrected chi connectivity index (χ1v) is 9.85. The number of allylic oxidation sites excluding steroid dienone is 6. The summed E-state index contributed by atoms with van der Waals surface area (Å²) in [4.78, 5) is 10.4. The molecule has 0 aliphatic heterocycles. The molecule has 0 aromatic carbocycles. The molecule has 0 unspecified atom stereocenters. The van der Waals surface area contributed by atoms with E-state index in [-0.39, 0.29) is 18.3 Å². The first kappa shape index (κ1) is 23.3. The van der Waals surface area contributed by atoms with Crippen LogP contribution in [0, 0.1) is 11.8 Å². The van der Waals surface area contributed by atoms with Crippen molar-refractivity contribution < 1.29 is 25.2 Å². The third-order valence-corrected chi connectivity index (χ3v) is 4.87. The number of rotatable bonds is 12. The molecule has 5 heteroatoms. The van der Waals surface area contributed by atoms with Crippen molar-refractivity contribution in [2.75, 3.05) is 0 Å². The SMILES string of the molecule is CC[C@@H](O)/C=C/[C@H]1[C@H](C/C=C\C/C=C\C/C=C\CCC(=O)O)[C@@H](O)C[C@H]1O. The van der Waals surface area contributed by atoms with Gasteiger partial charge in [0.2, 0.25) is 0 Å². The summed E-state index contributed by atoms with van der Waals surface area (Å²) in [6.45, 7) is 1.90. The first-order valence-electron chi connectivity index (χ1n) is 9.85. The number of aliphatic hydroxyl groups excluding tert-OH is 3. The van der Waals surface area contributed by atoms with Crippen LogP contribution in [0.4, 0.5) is 0 Å².